The molecule has 16 heavy (non-hydrogen) atoms. The Labute approximate surface area is 90.6 Å². The lowest BCUT2D eigenvalue weighted by Crippen LogP contribution is -2.26. The zero-order valence-electron chi connectivity index (χ0n) is 8.27. The second-order valence-corrected chi connectivity index (χ2v) is 4.65. The molecule has 0 amide bonds. The van der Waals surface area contributed by atoms with Crippen molar-refractivity contribution >= 4 is 27.0 Å². The Morgan fingerprint density at radius 2 is 2.12 bits per heavy atom. The number of aromatic nitrogens is 1. The molecule has 0 aliphatic heterocycles. The van der Waals surface area contributed by atoms with Crippen molar-refractivity contribution in [3.05, 3.63) is 28.7 Å². The molecule has 0 aliphatic rings. The Hall–Kier alpha value is -1.80. The monoisotopic (exact) mass is 243 g/mol. The van der Waals surface area contributed by atoms with Gasteiger partial charge in [0.1, 0.15) is 0 Å². The molecule has 0 bridgehead atoms. The molecule has 0 radical (unpaired) electrons. The van der Waals surface area contributed by atoms with Crippen LogP contribution in [0.2, 0.25) is 0 Å². The normalized spacial score (nSPS) is 11.8. The van der Waals surface area contributed by atoms with Crippen LogP contribution in [0.5, 0.6) is 0 Å². The van der Waals surface area contributed by atoms with E-state index in [1.165, 1.54) is 19.2 Å². The summed E-state index contributed by atoms with van der Waals surface area (Å²) in [5, 5.41) is 0. The number of aromatic amines is 1. The Kier molecular flexibility index (Phi) is 2.44. The fourth-order valence-electron chi connectivity index (χ4n) is 1.22. The molecule has 0 aliphatic carbocycles. The van der Waals surface area contributed by atoms with Gasteiger partial charge in [-0.25, -0.2) is 9.52 Å². The summed E-state index contributed by atoms with van der Waals surface area (Å²) in [6, 6.07) is 4.48. The van der Waals surface area contributed by atoms with Crippen molar-refractivity contribution in [2.24, 2.45) is 0 Å². The van der Waals surface area contributed by atoms with Crippen LogP contribution in [0.3, 0.4) is 0 Å². The smallest absolute Gasteiger partial charge is 0.408 e. The summed E-state index contributed by atoms with van der Waals surface area (Å²) in [5.74, 6) is -0.580. The molecule has 8 heteroatoms. The number of anilines is 1. The minimum Gasteiger partial charge on any atom is -0.408 e. The first kappa shape index (κ1) is 10.7. The summed E-state index contributed by atoms with van der Waals surface area (Å²) in [4.78, 5) is 13.3. The van der Waals surface area contributed by atoms with E-state index in [9.17, 15) is 13.2 Å². The van der Waals surface area contributed by atoms with Gasteiger partial charge in [-0.3, -0.25) is 9.71 Å². The molecule has 0 fully saturated rings. The summed E-state index contributed by atoms with van der Waals surface area (Å²) in [7, 11) is -2.28. The maximum Gasteiger partial charge on any atom is 0.417 e. The summed E-state index contributed by atoms with van der Waals surface area (Å²) >= 11 is 0. The lowest BCUT2D eigenvalue weighted by Gasteiger charge is -2.05. The highest BCUT2D eigenvalue weighted by molar-refractivity contribution is 7.90. The second-order valence-electron chi connectivity index (χ2n) is 3.04. The van der Waals surface area contributed by atoms with Gasteiger partial charge in [-0.05, 0) is 12.1 Å². The van der Waals surface area contributed by atoms with Crippen LogP contribution < -0.4 is 15.2 Å². The van der Waals surface area contributed by atoms with E-state index < -0.39 is 16.0 Å². The van der Waals surface area contributed by atoms with E-state index in [2.05, 4.69) is 14.4 Å². The van der Waals surface area contributed by atoms with Gasteiger partial charge in [-0.2, -0.15) is 8.42 Å². The van der Waals surface area contributed by atoms with Crippen molar-refractivity contribution in [1.29, 1.82) is 0 Å². The van der Waals surface area contributed by atoms with Gasteiger partial charge in [0, 0.05) is 13.1 Å². The molecule has 86 valence electrons. The van der Waals surface area contributed by atoms with Gasteiger partial charge in [0.25, 0.3) is 10.2 Å². The number of rotatable bonds is 3. The zero-order valence-corrected chi connectivity index (χ0v) is 9.09. The highest BCUT2D eigenvalue weighted by Crippen LogP contribution is 2.16. The van der Waals surface area contributed by atoms with Crippen LogP contribution in [-0.4, -0.2) is 20.4 Å². The summed E-state index contributed by atoms with van der Waals surface area (Å²) in [6.45, 7) is 0. The van der Waals surface area contributed by atoms with Crippen molar-refractivity contribution in [3.63, 3.8) is 0 Å². The van der Waals surface area contributed by atoms with E-state index in [-0.39, 0.29) is 0 Å². The highest BCUT2D eigenvalue weighted by atomic mass is 32.2. The minimum absolute atomic E-state index is 0.293. The molecular weight excluding hydrogens is 234 g/mol. The van der Waals surface area contributed by atoms with Crippen molar-refractivity contribution in [2.45, 2.75) is 0 Å². The molecular formula is C8H9N3O4S. The van der Waals surface area contributed by atoms with Gasteiger partial charge in [0.2, 0.25) is 0 Å². The average Bonchev–Trinajstić information content (AvgIpc) is 2.57. The molecule has 0 saturated heterocycles. The third kappa shape index (κ3) is 2.07. The van der Waals surface area contributed by atoms with Crippen LogP contribution in [0.1, 0.15) is 0 Å². The number of nitrogens with one attached hydrogen (secondary N) is 3. The van der Waals surface area contributed by atoms with E-state index in [0.717, 1.165) is 0 Å². The third-order valence-electron chi connectivity index (χ3n) is 1.94. The number of fused-ring (bicyclic) bond motifs is 1. The lowest BCUT2D eigenvalue weighted by molar-refractivity contribution is 0.555. The lowest BCUT2D eigenvalue weighted by atomic mass is 10.3. The maximum absolute atomic E-state index is 11.2. The quantitative estimate of drug-likeness (QED) is 0.705. The van der Waals surface area contributed by atoms with Crippen molar-refractivity contribution in [1.82, 2.24) is 9.71 Å². The molecule has 3 N–H and O–H groups in total. The second kappa shape index (κ2) is 3.65. The fraction of sp³-hybridized carbons (Fsp3) is 0.125. The molecule has 2 rings (SSSR count). The number of benzene rings is 1. The van der Waals surface area contributed by atoms with Crippen molar-refractivity contribution in [3.8, 4) is 0 Å². The Morgan fingerprint density at radius 1 is 1.38 bits per heavy atom. The van der Waals surface area contributed by atoms with Crippen molar-refractivity contribution < 1.29 is 12.8 Å². The van der Waals surface area contributed by atoms with E-state index in [1.807, 2.05) is 0 Å². The first-order valence-corrected chi connectivity index (χ1v) is 5.83. The first-order valence-electron chi connectivity index (χ1n) is 4.34. The summed E-state index contributed by atoms with van der Waals surface area (Å²) in [5.41, 5.74) is 1.11. The van der Waals surface area contributed by atoms with Gasteiger partial charge < -0.3 is 4.42 Å². The topological polar surface area (TPSA) is 104 Å². The molecule has 1 heterocycles. The van der Waals surface area contributed by atoms with Gasteiger partial charge in [0.05, 0.1) is 11.2 Å². The van der Waals surface area contributed by atoms with Crippen LogP contribution in [0, 0.1) is 0 Å². The van der Waals surface area contributed by atoms with Gasteiger partial charge in [-0.15, -0.1) is 0 Å². The molecule has 0 unspecified atom stereocenters. The van der Waals surface area contributed by atoms with Crippen LogP contribution in [0.4, 0.5) is 5.69 Å². The molecule has 0 spiro atoms. The molecule has 1 aromatic carbocycles. The van der Waals surface area contributed by atoms with Gasteiger partial charge in [0.15, 0.2) is 5.58 Å². The minimum atomic E-state index is -3.56. The van der Waals surface area contributed by atoms with E-state index in [1.54, 1.807) is 6.07 Å². The predicted octanol–water partition coefficient (Wildman–Crippen LogP) is -0.00280. The standard InChI is InChI=1S/C8H9N3O4S/c1-9-16(13,14)11-5-2-3-6-7(4-5)15-8(12)10-6/h2-4,9,11H,1H3,(H,10,12). The largest absolute Gasteiger partial charge is 0.417 e. The molecule has 1 aromatic heterocycles. The number of hydrogen-bond donors (Lipinski definition) is 3. The van der Waals surface area contributed by atoms with Gasteiger partial charge >= 0.3 is 5.76 Å². The number of hydrogen-bond acceptors (Lipinski definition) is 4. The predicted molar refractivity (Wildman–Crippen MR) is 58.4 cm³/mol. The summed E-state index contributed by atoms with van der Waals surface area (Å²) in [6.07, 6.45) is 0. The van der Waals surface area contributed by atoms with Crippen LogP contribution in [0.15, 0.2) is 27.4 Å². The Balaban J connectivity index is 2.43. The van der Waals surface area contributed by atoms with Crippen LogP contribution in [-0.2, 0) is 10.2 Å². The number of H-pyrrole nitrogens is 1. The van der Waals surface area contributed by atoms with Gasteiger partial charge in [-0.1, -0.05) is 0 Å². The molecule has 0 saturated carbocycles. The highest BCUT2D eigenvalue weighted by Gasteiger charge is 2.08. The summed E-state index contributed by atoms with van der Waals surface area (Å²) < 4.78 is 31.5. The average molecular weight is 243 g/mol. The fourth-order valence-corrected chi connectivity index (χ4v) is 1.75. The maximum atomic E-state index is 11.2. The Bertz CT molecular complexity index is 670. The third-order valence-corrected chi connectivity index (χ3v) is 2.98. The number of oxazole rings is 1. The Morgan fingerprint density at radius 3 is 2.81 bits per heavy atom. The molecule has 7 nitrogen and oxygen atoms in total. The SMILES string of the molecule is CNS(=O)(=O)Nc1ccc2[nH]c(=O)oc2c1. The van der Waals surface area contributed by atoms with Crippen LogP contribution >= 0.6 is 0 Å². The van der Waals surface area contributed by atoms with Crippen LogP contribution in [0.25, 0.3) is 11.1 Å². The van der Waals surface area contributed by atoms with E-state index in [4.69, 9.17) is 4.42 Å². The van der Waals surface area contributed by atoms with E-state index in [0.29, 0.717) is 16.8 Å². The zero-order chi connectivity index (χ0) is 11.8. The molecule has 0 atom stereocenters. The first-order chi connectivity index (χ1) is 7.50. The van der Waals surface area contributed by atoms with Crippen molar-refractivity contribution in [2.75, 3.05) is 11.8 Å². The van der Waals surface area contributed by atoms with E-state index >= 15 is 0 Å². The molecule has 2 aromatic rings.